The van der Waals surface area contributed by atoms with Crippen molar-refractivity contribution in [2.45, 2.75) is 50.5 Å². The summed E-state index contributed by atoms with van der Waals surface area (Å²) in [4.78, 5) is 16.4. The Kier molecular flexibility index (Phi) is 7.18. The van der Waals surface area contributed by atoms with Gasteiger partial charge >= 0.3 is 0 Å². The van der Waals surface area contributed by atoms with Crippen LogP contribution in [0.5, 0.6) is 0 Å². The van der Waals surface area contributed by atoms with Crippen LogP contribution in [0.25, 0.3) is 11.3 Å². The number of halogens is 1. The van der Waals surface area contributed by atoms with E-state index in [1.54, 1.807) is 47.5 Å². The van der Waals surface area contributed by atoms with Crippen LogP contribution in [0.1, 0.15) is 24.8 Å². The number of nitrogens with zero attached hydrogens (tertiary/aromatic N) is 4. The van der Waals surface area contributed by atoms with Gasteiger partial charge in [-0.15, -0.1) is 5.10 Å². The lowest BCUT2D eigenvalue weighted by atomic mass is 9.97. The number of hydrogen-bond acceptors (Lipinski definition) is 6. The molecule has 1 aliphatic heterocycles. The van der Waals surface area contributed by atoms with Gasteiger partial charge in [0.25, 0.3) is 0 Å². The molecule has 8 nitrogen and oxygen atoms in total. The number of aliphatic hydroxyl groups excluding tert-OH is 1. The number of amides is 1. The zero-order valence-corrected chi connectivity index (χ0v) is 17.6. The van der Waals surface area contributed by atoms with Crippen LogP contribution in [-0.2, 0) is 22.5 Å². The Morgan fingerprint density at radius 2 is 2.12 bits per heavy atom. The molecule has 1 aromatic carbocycles. The van der Waals surface area contributed by atoms with Crippen LogP contribution in [0.15, 0.2) is 55.0 Å². The van der Waals surface area contributed by atoms with Crippen molar-refractivity contribution in [1.29, 1.82) is 0 Å². The van der Waals surface area contributed by atoms with Gasteiger partial charge in [0.1, 0.15) is 17.6 Å². The number of aliphatic hydroxyl groups is 1. The Morgan fingerprint density at radius 3 is 2.91 bits per heavy atom. The Labute approximate surface area is 185 Å². The van der Waals surface area contributed by atoms with Crippen LogP contribution < -0.4 is 5.32 Å². The fourth-order valence-corrected chi connectivity index (χ4v) is 3.93. The van der Waals surface area contributed by atoms with E-state index in [0.717, 1.165) is 12.0 Å². The third-order valence-corrected chi connectivity index (χ3v) is 5.60. The zero-order chi connectivity index (χ0) is 22.3. The fraction of sp³-hybridized carbons (Fsp3) is 0.391. The second-order valence-corrected chi connectivity index (χ2v) is 7.90. The van der Waals surface area contributed by atoms with Crippen molar-refractivity contribution in [3.8, 4) is 11.3 Å². The second-order valence-electron chi connectivity index (χ2n) is 7.90. The molecule has 0 spiro atoms. The van der Waals surface area contributed by atoms with Gasteiger partial charge < -0.3 is 15.2 Å². The smallest absolute Gasteiger partial charge is 0.224 e. The molecule has 32 heavy (non-hydrogen) atoms. The second kappa shape index (κ2) is 10.4. The number of aromatic nitrogens is 4. The van der Waals surface area contributed by atoms with Crippen LogP contribution >= 0.6 is 0 Å². The first-order chi connectivity index (χ1) is 15.6. The van der Waals surface area contributed by atoms with E-state index in [2.05, 4.69) is 20.6 Å². The van der Waals surface area contributed by atoms with Crippen LogP contribution in [0.2, 0.25) is 0 Å². The average Bonchev–Trinajstić information content (AvgIpc) is 3.28. The van der Waals surface area contributed by atoms with Crippen LogP contribution in [0.4, 0.5) is 4.39 Å². The van der Waals surface area contributed by atoms with Crippen molar-refractivity contribution in [3.05, 3.63) is 66.4 Å². The van der Waals surface area contributed by atoms with E-state index in [4.69, 9.17) is 4.74 Å². The number of nitrogens with one attached hydrogen (secondary N) is 1. The minimum absolute atomic E-state index is 0.0697. The molecule has 4 rings (SSSR count). The first kappa shape index (κ1) is 22.0. The number of carbonyl (C=O) groups excluding carboxylic acids is 1. The van der Waals surface area contributed by atoms with Crippen molar-refractivity contribution < 1.29 is 19.0 Å². The molecule has 2 N–H and O–H groups in total. The number of carbonyl (C=O) groups is 1. The van der Waals surface area contributed by atoms with E-state index in [1.807, 2.05) is 6.07 Å². The first-order valence-corrected chi connectivity index (χ1v) is 10.7. The molecule has 1 fully saturated rings. The van der Waals surface area contributed by atoms with E-state index in [9.17, 15) is 14.3 Å². The zero-order valence-electron chi connectivity index (χ0n) is 17.6. The molecular weight excluding hydrogens is 413 g/mol. The Hall–Kier alpha value is -3.17. The Morgan fingerprint density at radius 1 is 1.25 bits per heavy atom. The maximum Gasteiger partial charge on any atom is 0.224 e. The van der Waals surface area contributed by atoms with Gasteiger partial charge in [-0.3, -0.25) is 14.5 Å². The van der Waals surface area contributed by atoms with Crippen molar-refractivity contribution in [2.75, 3.05) is 6.61 Å². The minimum atomic E-state index is -0.462. The molecule has 0 aliphatic carbocycles. The number of ether oxygens (including phenoxy) is 1. The molecule has 0 bridgehead atoms. The lowest BCUT2D eigenvalue weighted by Crippen LogP contribution is -2.51. The largest absolute Gasteiger partial charge is 0.394 e. The van der Waals surface area contributed by atoms with E-state index in [-0.39, 0.29) is 36.9 Å². The predicted molar refractivity (Wildman–Crippen MR) is 115 cm³/mol. The average molecular weight is 439 g/mol. The third kappa shape index (κ3) is 5.54. The molecule has 2 aromatic heterocycles. The molecule has 3 heterocycles. The van der Waals surface area contributed by atoms with Gasteiger partial charge in [-0.1, -0.05) is 23.4 Å². The van der Waals surface area contributed by atoms with Crippen LogP contribution in [0.3, 0.4) is 0 Å². The number of benzene rings is 1. The summed E-state index contributed by atoms with van der Waals surface area (Å²) >= 11 is 0. The lowest BCUT2D eigenvalue weighted by Gasteiger charge is -2.36. The van der Waals surface area contributed by atoms with Crippen LogP contribution in [0, 0.1) is 5.82 Å². The molecule has 0 radical (unpaired) electrons. The summed E-state index contributed by atoms with van der Waals surface area (Å²) in [5.41, 5.74) is 1.73. The molecule has 3 atom stereocenters. The van der Waals surface area contributed by atoms with Gasteiger partial charge in [-0.2, -0.15) is 0 Å². The van der Waals surface area contributed by atoms with Crippen molar-refractivity contribution >= 4 is 5.91 Å². The van der Waals surface area contributed by atoms with Gasteiger partial charge in [-0.05, 0) is 43.0 Å². The molecule has 1 aliphatic rings. The maximum absolute atomic E-state index is 13.9. The van der Waals surface area contributed by atoms with Gasteiger partial charge in [0.2, 0.25) is 5.91 Å². The highest BCUT2D eigenvalue weighted by molar-refractivity contribution is 5.78. The molecule has 3 aromatic rings. The summed E-state index contributed by atoms with van der Waals surface area (Å²) in [6, 6.07) is 9.87. The normalized spacial score (nSPS) is 20.8. The predicted octanol–water partition coefficient (Wildman–Crippen LogP) is 2.14. The number of aryl methyl sites for hydroxylation is 1. The van der Waals surface area contributed by atoms with E-state index < -0.39 is 6.10 Å². The van der Waals surface area contributed by atoms with E-state index in [0.29, 0.717) is 30.6 Å². The highest BCUT2D eigenvalue weighted by Crippen LogP contribution is 2.23. The highest BCUT2D eigenvalue weighted by atomic mass is 19.1. The maximum atomic E-state index is 13.9. The summed E-state index contributed by atoms with van der Waals surface area (Å²) in [6.45, 7) is 0.386. The number of rotatable bonds is 8. The van der Waals surface area contributed by atoms with Gasteiger partial charge in [-0.25, -0.2) is 4.39 Å². The minimum Gasteiger partial charge on any atom is -0.394 e. The summed E-state index contributed by atoms with van der Waals surface area (Å²) in [5, 5.41) is 20.9. The van der Waals surface area contributed by atoms with E-state index in [1.165, 1.54) is 6.07 Å². The van der Waals surface area contributed by atoms with Crippen LogP contribution in [-0.4, -0.2) is 55.8 Å². The summed E-state index contributed by atoms with van der Waals surface area (Å²) < 4.78 is 21.6. The Balaban J connectivity index is 1.27. The van der Waals surface area contributed by atoms with Gasteiger partial charge in [0, 0.05) is 24.5 Å². The molecular formula is C23H26FN5O3. The van der Waals surface area contributed by atoms with Gasteiger partial charge in [0.05, 0.1) is 31.4 Å². The molecule has 1 saturated heterocycles. The number of pyridine rings is 1. The van der Waals surface area contributed by atoms with Crippen molar-refractivity contribution in [3.63, 3.8) is 0 Å². The topological polar surface area (TPSA) is 102 Å². The fourth-order valence-electron chi connectivity index (χ4n) is 3.93. The third-order valence-electron chi connectivity index (χ3n) is 5.60. The summed E-state index contributed by atoms with van der Waals surface area (Å²) in [6.07, 6.45) is 6.89. The molecule has 9 heteroatoms. The summed E-state index contributed by atoms with van der Waals surface area (Å²) in [7, 11) is 0. The van der Waals surface area contributed by atoms with Gasteiger partial charge in [0.15, 0.2) is 0 Å². The first-order valence-electron chi connectivity index (χ1n) is 10.7. The molecule has 0 unspecified atom stereocenters. The van der Waals surface area contributed by atoms with Crippen molar-refractivity contribution in [1.82, 2.24) is 25.3 Å². The molecule has 168 valence electrons. The highest BCUT2D eigenvalue weighted by Gasteiger charge is 2.31. The SMILES string of the molecule is O=C(Cc1cccnc1)N[C@@H]1CC[C@H](CCn2cc(-c3ccccc3F)nn2)O[C@H]1CO. The molecule has 1 amide bonds. The summed E-state index contributed by atoms with van der Waals surface area (Å²) in [5.74, 6) is -0.454. The Bertz CT molecular complexity index is 1030. The van der Waals surface area contributed by atoms with Crippen molar-refractivity contribution in [2.24, 2.45) is 0 Å². The number of hydrogen-bond donors (Lipinski definition) is 2. The van der Waals surface area contributed by atoms with E-state index >= 15 is 0 Å². The quantitative estimate of drug-likeness (QED) is 0.558. The standard InChI is InChI=1S/C23H26FN5O3/c24-19-6-2-1-5-18(19)21-14-29(28-27-21)11-9-17-7-8-20(22(15-30)32-17)26-23(31)12-16-4-3-10-25-13-16/h1-6,10,13-14,17,20,22,30H,7-9,11-12,15H2,(H,26,31)/t17-,20-,22+/m1/s1. The molecule has 0 saturated carbocycles. The lowest BCUT2D eigenvalue weighted by molar-refractivity contribution is -0.128. The monoisotopic (exact) mass is 439 g/mol.